The number of carbonyl (C=O) groups excluding carboxylic acids is 2. The zero-order valence-corrected chi connectivity index (χ0v) is 14.7. The first-order chi connectivity index (χ1) is 12.3. The molecule has 7 nitrogen and oxygen atoms in total. The van der Waals surface area contributed by atoms with Gasteiger partial charge in [-0.1, -0.05) is 0 Å². The molecule has 1 aromatic carbocycles. The van der Waals surface area contributed by atoms with Crippen LogP contribution in [0.5, 0.6) is 0 Å². The Hall–Kier alpha value is -2.55. The average molecular weight is 379 g/mol. The van der Waals surface area contributed by atoms with Crippen molar-refractivity contribution in [1.82, 2.24) is 14.5 Å². The second-order valence-corrected chi connectivity index (χ2v) is 7.98. The number of amides is 1. The van der Waals surface area contributed by atoms with Crippen LogP contribution in [0.25, 0.3) is 5.69 Å². The Morgan fingerprint density at radius 1 is 1.38 bits per heavy atom. The van der Waals surface area contributed by atoms with Crippen LogP contribution in [0.4, 0.5) is 4.39 Å². The summed E-state index contributed by atoms with van der Waals surface area (Å²) in [7, 11) is -4.19. The summed E-state index contributed by atoms with van der Waals surface area (Å²) in [5.74, 6) is -1.53. The molecule has 2 aromatic rings. The minimum Gasteiger partial charge on any atom is -0.300 e. The number of sulfonamides is 1. The van der Waals surface area contributed by atoms with Gasteiger partial charge in [-0.2, -0.15) is 5.10 Å². The van der Waals surface area contributed by atoms with Crippen LogP contribution in [0.2, 0.25) is 0 Å². The fourth-order valence-corrected chi connectivity index (χ4v) is 4.06. The number of nitrogens with one attached hydrogen (secondary N) is 1. The van der Waals surface area contributed by atoms with Crippen LogP contribution in [-0.2, 0) is 19.6 Å². The third kappa shape index (κ3) is 4.16. The summed E-state index contributed by atoms with van der Waals surface area (Å²) in [6.07, 6.45) is 5.19. The molecule has 0 spiro atoms. The lowest BCUT2D eigenvalue weighted by molar-refractivity contribution is -0.123. The Balaban J connectivity index is 1.70. The number of benzene rings is 1. The standard InChI is InChI=1S/C17H18FN3O4S/c18-15-11-14(5-6-16(15)21-8-2-7-19-21)26(24,25)20-17(23)10-12-3-1-4-13(22)9-12/h2,5-8,11-12H,1,3-4,9-10H2,(H,20,23). The lowest BCUT2D eigenvalue weighted by atomic mass is 9.86. The van der Waals surface area contributed by atoms with E-state index < -0.39 is 21.7 Å². The van der Waals surface area contributed by atoms with Gasteiger partial charge >= 0.3 is 0 Å². The second-order valence-electron chi connectivity index (χ2n) is 6.30. The van der Waals surface area contributed by atoms with Gasteiger partial charge in [-0.3, -0.25) is 9.59 Å². The van der Waals surface area contributed by atoms with Crippen molar-refractivity contribution in [2.75, 3.05) is 0 Å². The van der Waals surface area contributed by atoms with Gasteiger partial charge in [-0.05, 0) is 43.0 Å². The van der Waals surface area contributed by atoms with E-state index in [1.807, 2.05) is 4.72 Å². The van der Waals surface area contributed by atoms with Gasteiger partial charge in [-0.15, -0.1) is 0 Å². The molecule has 0 bridgehead atoms. The average Bonchev–Trinajstić information content (AvgIpc) is 3.08. The Bertz CT molecular complexity index is 925. The molecule has 1 saturated carbocycles. The summed E-state index contributed by atoms with van der Waals surface area (Å²) in [4.78, 5) is 23.1. The molecule has 1 aromatic heterocycles. The fourth-order valence-electron chi connectivity index (χ4n) is 3.05. The van der Waals surface area contributed by atoms with Gasteiger partial charge in [0.05, 0.1) is 4.90 Å². The van der Waals surface area contributed by atoms with E-state index in [9.17, 15) is 22.4 Å². The number of nitrogens with zero attached hydrogens (tertiary/aromatic N) is 2. The molecule has 1 atom stereocenters. The first-order valence-corrected chi connectivity index (χ1v) is 9.70. The molecule has 9 heteroatoms. The molecule has 1 aliphatic carbocycles. The van der Waals surface area contributed by atoms with Crippen LogP contribution in [-0.4, -0.2) is 29.9 Å². The van der Waals surface area contributed by atoms with Gasteiger partial charge in [0, 0.05) is 31.7 Å². The van der Waals surface area contributed by atoms with Gasteiger partial charge in [-0.25, -0.2) is 22.2 Å². The maximum absolute atomic E-state index is 14.2. The van der Waals surface area contributed by atoms with Crippen LogP contribution >= 0.6 is 0 Å². The summed E-state index contributed by atoms with van der Waals surface area (Å²) < 4.78 is 42.1. The fraction of sp³-hybridized carbons (Fsp3) is 0.353. The molecule has 1 heterocycles. The van der Waals surface area contributed by atoms with Crippen LogP contribution in [0.3, 0.4) is 0 Å². The molecule has 138 valence electrons. The summed E-state index contributed by atoms with van der Waals surface area (Å²) in [5.41, 5.74) is 0.0981. The molecule has 3 rings (SSSR count). The van der Waals surface area contributed by atoms with E-state index in [1.54, 1.807) is 6.07 Å². The highest BCUT2D eigenvalue weighted by Crippen LogP contribution is 2.24. The maximum atomic E-state index is 14.2. The molecule has 1 unspecified atom stereocenters. The third-order valence-electron chi connectivity index (χ3n) is 4.29. The van der Waals surface area contributed by atoms with Crippen molar-refractivity contribution in [3.63, 3.8) is 0 Å². The number of aromatic nitrogens is 2. The number of hydrogen-bond donors (Lipinski definition) is 1. The molecule has 1 fully saturated rings. The topological polar surface area (TPSA) is 98.1 Å². The first kappa shape index (κ1) is 18.2. The highest BCUT2D eigenvalue weighted by molar-refractivity contribution is 7.90. The zero-order chi connectivity index (χ0) is 18.7. The van der Waals surface area contributed by atoms with E-state index >= 15 is 0 Å². The minimum atomic E-state index is -4.19. The Labute approximate surface area is 150 Å². The highest BCUT2D eigenvalue weighted by atomic mass is 32.2. The van der Waals surface area contributed by atoms with E-state index in [0.717, 1.165) is 6.07 Å². The van der Waals surface area contributed by atoms with E-state index in [1.165, 1.54) is 29.2 Å². The monoisotopic (exact) mass is 379 g/mol. The van der Waals surface area contributed by atoms with Crippen LogP contribution < -0.4 is 4.72 Å². The normalized spacial score (nSPS) is 17.9. The van der Waals surface area contributed by atoms with Gasteiger partial charge < -0.3 is 0 Å². The van der Waals surface area contributed by atoms with Crippen molar-refractivity contribution in [2.45, 2.75) is 37.0 Å². The van der Waals surface area contributed by atoms with Crippen molar-refractivity contribution in [3.8, 4) is 5.69 Å². The van der Waals surface area contributed by atoms with Gasteiger partial charge in [0.2, 0.25) is 5.91 Å². The van der Waals surface area contributed by atoms with Crippen molar-refractivity contribution in [1.29, 1.82) is 0 Å². The molecular weight excluding hydrogens is 361 g/mol. The van der Waals surface area contributed by atoms with Crippen LogP contribution in [0, 0.1) is 11.7 Å². The van der Waals surface area contributed by atoms with E-state index in [4.69, 9.17) is 0 Å². The van der Waals surface area contributed by atoms with Crippen LogP contribution in [0.15, 0.2) is 41.6 Å². The first-order valence-electron chi connectivity index (χ1n) is 8.22. The zero-order valence-electron chi connectivity index (χ0n) is 13.9. The molecule has 26 heavy (non-hydrogen) atoms. The molecule has 0 aliphatic heterocycles. The molecular formula is C17H18FN3O4S. The molecule has 1 amide bonds. The molecule has 1 aliphatic rings. The Morgan fingerprint density at radius 2 is 2.19 bits per heavy atom. The summed E-state index contributed by atoms with van der Waals surface area (Å²) in [6, 6.07) is 4.94. The van der Waals surface area contributed by atoms with Crippen molar-refractivity contribution in [3.05, 3.63) is 42.5 Å². The van der Waals surface area contributed by atoms with Gasteiger partial charge in [0.25, 0.3) is 10.0 Å². The molecule has 0 radical (unpaired) electrons. The predicted octanol–water partition coefficient (Wildman–Crippen LogP) is 1.97. The third-order valence-corrected chi connectivity index (χ3v) is 5.66. The predicted molar refractivity (Wildman–Crippen MR) is 90.4 cm³/mol. The number of rotatable bonds is 5. The van der Waals surface area contributed by atoms with E-state index in [-0.39, 0.29) is 28.7 Å². The largest absolute Gasteiger partial charge is 0.300 e. The SMILES string of the molecule is O=C1CCCC(CC(=O)NS(=O)(=O)c2ccc(-n3cccn3)c(F)c2)C1. The van der Waals surface area contributed by atoms with E-state index in [2.05, 4.69) is 5.10 Å². The van der Waals surface area contributed by atoms with Crippen molar-refractivity contribution in [2.24, 2.45) is 5.92 Å². The summed E-state index contributed by atoms with van der Waals surface area (Å²) >= 11 is 0. The second kappa shape index (κ2) is 7.36. The number of halogens is 1. The van der Waals surface area contributed by atoms with Crippen LogP contribution in [0.1, 0.15) is 32.1 Å². The molecule has 1 N–H and O–H groups in total. The lowest BCUT2D eigenvalue weighted by Gasteiger charge is -2.20. The minimum absolute atomic E-state index is 0.0428. The smallest absolute Gasteiger partial charge is 0.264 e. The summed E-state index contributed by atoms with van der Waals surface area (Å²) in [5, 5.41) is 3.89. The Kier molecular flexibility index (Phi) is 5.17. The number of Topliss-reactive ketones (excluding diaryl/α,β-unsaturated/α-hetero) is 1. The van der Waals surface area contributed by atoms with E-state index in [0.29, 0.717) is 25.7 Å². The molecule has 0 saturated heterocycles. The van der Waals surface area contributed by atoms with Crippen molar-refractivity contribution < 1.29 is 22.4 Å². The number of hydrogen-bond acceptors (Lipinski definition) is 5. The van der Waals surface area contributed by atoms with Gasteiger partial charge in [0.15, 0.2) is 0 Å². The Morgan fingerprint density at radius 3 is 2.85 bits per heavy atom. The quantitative estimate of drug-likeness (QED) is 0.856. The number of ketones is 1. The summed E-state index contributed by atoms with van der Waals surface area (Å²) in [6.45, 7) is 0. The lowest BCUT2D eigenvalue weighted by Crippen LogP contribution is -2.33. The van der Waals surface area contributed by atoms with Gasteiger partial charge in [0.1, 0.15) is 17.3 Å². The van der Waals surface area contributed by atoms with Crippen molar-refractivity contribution >= 4 is 21.7 Å². The number of carbonyl (C=O) groups is 2. The highest BCUT2D eigenvalue weighted by Gasteiger charge is 2.25. The maximum Gasteiger partial charge on any atom is 0.264 e.